The molecule has 4 N–H and O–H groups in total. The van der Waals surface area contributed by atoms with E-state index < -0.39 is 36.2 Å². The van der Waals surface area contributed by atoms with Gasteiger partial charge in [-0.15, -0.1) is 0 Å². The van der Waals surface area contributed by atoms with Gasteiger partial charge in [0.1, 0.15) is 23.7 Å². The zero-order valence-corrected chi connectivity index (χ0v) is 37.0. The van der Waals surface area contributed by atoms with Crippen molar-refractivity contribution in [1.82, 2.24) is 40.4 Å². The Bertz CT molecular complexity index is 2860. The van der Waals surface area contributed by atoms with E-state index in [4.69, 9.17) is 19.2 Å². The molecule has 67 heavy (non-hydrogen) atoms. The van der Waals surface area contributed by atoms with Gasteiger partial charge < -0.3 is 44.6 Å². The number of rotatable bonds is 10. The highest BCUT2D eigenvalue weighted by Crippen LogP contribution is 2.53. The zero-order valence-electron chi connectivity index (χ0n) is 37.0. The van der Waals surface area contributed by atoms with E-state index in [0.717, 1.165) is 12.0 Å². The number of halogens is 2. The number of H-pyrrole nitrogens is 2. The van der Waals surface area contributed by atoms with Gasteiger partial charge in [0.2, 0.25) is 5.91 Å². The molecule has 3 saturated heterocycles. The number of likely N-dealkylation sites (tertiary alicyclic amines) is 2. The number of nitrogens with zero attached hydrogens (tertiary/aromatic N) is 4. The topological polar surface area (TPSA) is 184 Å². The molecule has 0 radical (unpaired) electrons. The van der Waals surface area contributed by atoms with Gasteiger partial charge in [-0.05, 0) is 96.5 Å². The fourth-order valence-corrected chi connectivity index (χ4v) is 10.3. The van der Waals surface area contributed by atoms with Crippen LogP contribution in [0.1, 0.15) is 85.0 Å². The number of alkyl carbamates (subject to hydrolysis) is 2. The number of aromatic amines is 2. The minimum absolute atomic E-state index is 0.0907. The van der Waals surface area contributed by atoms with Crippen LogP contribution in [0.2, 0.25) is 0 Å². The van der Waals surface area contributed by atoms with Crippen LogP contribution in [0.3, 0.4) is 0 Å². The lowest BCUT2D eigenvalue weighted by Crippen LogP contribution is -2.53. The van der Waals surface area contributed by atoms with E-state index in [0.29, 0.717) is 115 Å². The molecule has 3 fully saturated rings. The Morgan fingerprint density at radius 1 is 0.731 bits per heavy atom. The second kappa shape index (κ2) is 17.9. The van der Waals surface area contributed by atoms with E-state index >= 15 is 8.78 Å². The van der Waals surface area contributed by atoms with Crippen LogP contribution in [0.5, 0.6) is 0 Å². The number of benzene rings is 4. The summed E-state index contributed by atoms with van der Waals surface area (Å²) >= 11 is 0. The summed E-state index contributed by atoms with van der Waals surface area (Å²) < 4.78 is 48.5. The van der Waals surface area contributed by atoms with E-state index in [2.05, 4.69) is 25.6 Å². The van der Waals surface area contributed by atoms with Gasteiger partial charge in [0.25, 0.3) is 11.8 Å². The molecule has 2 aromatic heterocycles. The van der Waals surface area contributed by atoms with Crippen molar-refractivity contribution in [2.45, 2.75) is 68.6 Å². The van der Waals surface area contributed by atoms with Crippen molar-refractivity contribution in [1.29, 1.82) is 0 Å². The first-order valence-electron chi connectivity index (χ1n) is 22.7. The minimum atomic E-state index is -3.30. The van der Waals surface area contributed by atoms with Gasteiger partial charge in [-0.1, -0.05) is 60.7 Å². The summed E-state index contributed by atoms with van der Waals surface area (Å²) in [6.07, 6.45) is 4.29. The first-order chi connectivity index (χ1) is 32.5. The summed E-state index contributed by atoms with van der Waals surface area (Å²) in [5.74, 6) is -2.74. The number of carbonyl (C=O) groups is 4. The van der Waals surface area contributed by atoms with Crippen molar-refractivity contribution in [3.05, 3.63) is 119 Å². The minimum Gasteiger partial charge on any atom is -0.453 e. The van der Waals surface area contributed by atoms with Crippen LogP contribution in [0, 0.1) is 5.92 Å². The summed E-state index contributed by atoms with van der Waals surface area (Å²) in [6, 6.07) is 22.2. The summed E-state index contributed by atoms with van der Waals surface area (Å²) in [6.45, 7) is 1.99. The SMILES string of the molecule is COC(=O)N[C@H](C(=O)N1CCC[C@H]1c1nc2ccc(-c3ccc4c(c3)C(F)(F)c3cc(-c5cnc(C6CCCN6C(=O)[C@H](NC(=O)OC)c6ccccc6)[nH]5)ccc3-4)cc2[nH]1)C1CCOCC1. The van der Waals surface area contributed by atoms with E-state index in [1.807, 2.05) is 30.3 Å². The van der Waals surface area contributed by atoms with Crippen LogP contribution < -0.4 is 10.6 Å². The molecule has 0 saturated carbocycles. The van der Waals surface area contributed by atoms with E-state index in [1.165, 1.54) is 20.3 Å². The highest BCUT2D eigenvalue weighted by atomic mass is 19.3. The molecule has 17 heteroatoms. The first-order valence-corrected chi connectivity index (χ1v) is 22.7. The Kier molecular flexibility index (Phi) is 11.7. The van der Waals surface area contributed by atoms with Crippen LogP contribution in [-0.4, -0.2) is 100 Å². The summed E-state index contributed by atoms with van der Waals surface area (Å²) in [5, 5.41) is 5.45. The van der Waals surface area contributed by atoms with Gasteiger partial charge in [-0.25, -0.2) is 19.6 Å². The second-order valence-corrected chi connectivity index (χ2v) is 17.6. The number of ether oxygens (including phenoxy) is 3. The number of nitrogens with one attached hydrogen (secondary N) is 4. The predicted molar refractivity (Wildman–Crippen MR) is 243 cm³/mol. The molecule has 1 aliphatic carbocycles. The highest BCUT2D eigenvalue weighted by molar-refractivity contribution is 5.89. The van der Waals surface area contributed by atoms with Crippen molar-refractivity contribution in [2.24, 2.45) is 5.92 Å². The van der Waals surface area contributed by atoms with Gasteiger partial charge in [-0.2, -0.15) is 8.78 Å². The van der Waals surface area contributed by atoms with Crippen molar-refractivity contribution < 1.29 is 42.2 Å². The molecular weight excluding hydrogens is 863 g/mol. The number of hydrogen-bond acceptors (Lipinski definition) is 9. The Balaban J connectivity index is 0.869. The smallest absolute Gasteiger partial charge is 0.407 e. The second-order valence-electron chi connectivity index (χ2n) is 17.6. The van der Waals surface area contributed by atoms with Crippen molar-refractivity contribution >= 4 is 35.0 Å². The summed E-state index contributed by atoms with van der Waals surface area (Å²) in [4.78, 5) is 72.5. The Morgan fingerprint density at radius 2 is 1.34 bits per heavy atom. The quantitative estimate of drug-likeness (QED) is 0.105. The van der Waals surface area contributed by atoms with E-state index in [1.54, 1.807) is 64.5 Å². The molecule has 0 spiro atoms. The average Bonchev–Trinajstić information content (AvgIpc) is 4.23. The number of carbonyl (C=O) groups excluding carboxylic acids is 4. The molecule has 0 bridgehead atoms. The van der Waals surface area contributed by atoms with Crippen LogP contribution in [0.15, 0.2) is 91.1 Å². The fraction of sp³-hybridized carbons (Fsp3) is 0.360. The molecular formula is C50H50F2N8O7. The molecule has 10 rings (SSSR count). The largest absolute Gasteiger partial charge is 0.453 e. The molecule has 1 unspecified atom stereocenters. The third-order valence-corrected chi connectivity index (χ3v) is 13.7. The molecule has 346 valence electrons. The predicted octanol–water partition coefficient (Wildman–Crippen LogP) is 8.32. The zero-order chi connectivity index (χ0) is 46.4. The number of imidazole rings is 2. The fourth-order valence-electron chi connectivity index (χ4n) is 10.3. The molecule has 4 amide bonds. The lowest BCUT2D eigenvalue weighted by atomic mass is 9.90. The Morgan fingerprint density at radius 3 is 2.04 bits per heavy atom. The standard InChI is InChI=1S/C50H50F2N8O7/c1-65-48(63)57-42(28-8-4-3-5-9-28)46(61)59-20-6-10-40(59)44-53-27-39(56-44)32-13-16-34-33-15-12-30(24-35(33)50(51,52)36(34)25-32)31-14-17-37-38(26-31)55-45(54-37)41-11-7-21-60(41)47(62)43(58-49(64)66-2)29-18-22-67-23-19-29/h3-5,8-9,12-17,24-27,29,40-43H,6-7,10-11,18-23H2,1-2H3,(H,53,56)(H,54,55)(H,57,63)(H,58,64)/t40?,41-,42+,43-/m0/s1. The number of alkyl halides is 2. The van der Waals surface area contributed by atoms with Crippen molar-refractivity contribution in [2.75, 3.05) is 40.5 Å². The van der Waals surface area contributed by atoms with Gasteiger partial charge in [0, 0.05) is 43.0 Å². The lowest BCUT2D eigenvalue weighted by Gasteiger charge is -2.34. The number of methoxy groups -OCH3 is 2. The van der Waals surface area contributed by atoms with Crippen molar-refractivity contribution in [3.8, 4) is 33.5 Å². The van der Waals surface area contributed by atoms with E-state index in [-0.39, 0.29) is 34.9 Å². The van der Waals surface area contributed by atoms with Crippen LogP contribution >= 0.6 is 0 Å². The Labute approximate surface area is 384 Å². The maximum Gasteiger partial charge on any atom is 0.407 e. The molecule has 5 heterocycles. The van der Waals surface area contributed by atoms with Crippen LogP contribution in [0.25, 0.3) is 44.5 Å². The molecule has 4 atom stereocenters. The van der Waals surface area contributed by atoms with Crippen LogP contribution in [-0.2, 0) is 29.7 Å². The third-order valence-electron chi connectivity index (χ3n) is 13.7. The van der Waals surface area contributed by atoms with Gasteiger partial charge in [0.05, 0.1) is 49.2 Å². The lowest BCUT2D eigenvalue weighted by molar-refractivity contribution is -0.137. The highest BCUT2D eigenvalue weighted by Gasteiger charge is 2.45. The third kappa shape index (κ3) is 8.14. The summed E-state index contributed by atoms with van der Waals surface area (Å²) in [5.41, 5.74) is 5.07. The molecule has 15 nitrogen and oxygen atoms in total. The molecule has 6 aromatic rings. The number of aromatic nitrogens is 4. The molecule has 4 aromatic carbocycles. The monoisotopic (exact) mass is 912 g/mol. The van der Waals surface area contributed by atoms with E-state index in [9.17, 15) is 19.2 Å². The average molecular weight is 913 g/mol. The number of amides is 4. The first kappa shape index (κ1) is 43.7. The molecule has 4 aliphatic rings. The Hall–Kier alpha value is -7.14. The summed E-state index contributed by atoms with van der Waals surface area (Å²) in [7, 11) is 2.52. The number of hydrogen-bond donors (Lipinski definition) is 4. The van der Waals surface area contributed by atoms with Gasteiger partial charge in [0.15, 0.2) is 0 Å². The van der Waals surface area contributed by atoms with Crippen LogP contribution in [0.4, 0.5) is 18.4 Å². The maximum absolute atomic E-state index is 16.6. The normalized spacial score (nSPS) is 19.7. The van der Waals surface area contributed by atoms with Gasteiger partial charge >= 0.3 is 12.2 Å². The number of fused-ring (bicyclic) bond motifs is 4. The maximum atomic E-state index is 16.6. The molecule has 3 aliphatic heterocycles. The van der Waals surface area contributed by atoms with Crippen molar-refractivity contribution in [3.63, 3.8) is 0 Å². The van der Waals surface area contributed by atoms with Gasteiger partial charge in [-0.3, -0.25) is 9.59 Å².